The number of halogens is 4. The Bertz CT molecular complexity index is 800. The summed E-state index contributed by atoms with van der Waals surface area (Å²) in [5.74, 6) is 1.76. The predicted molar refractivity (Wildman–Crippen MR) is 118 cm³/mol. The zero-order valence-electron chi connectivity index (χ0n) is 16.3. The maximum atomic E-state index is 12.6. The number of guanidine groups is 1. The van der Waals surface area contributed by atoms with Crippen LogP contribution in [0.5, 0.6) is 11.5 Å². The van der Waals surface area contributed by atoms with E-state index in [-0.39, 0.29) is 30.5 Å². The second-order valence-corrected chi connectivity index (χ2v) is 6.53. The minimum atomic E-state index is -4.43. The Balaban J connectivity index is 0.00000420. The lowest BCUT2D eigenvalue weighted by Crippen LogP contribution is -2.36. The molecule has 0 bridgehead atoms. The van der Waals surface area contributed by atoms with Crippen LogP contribution in [-0.2, 0) is 19.3 Å². The summed E-state index contributed by atoms with van der Waals surface area (Å²) in [5, 5.41) is 7.39. The number of nitrogens with one attached hydrogen (secondary N) is 2. The number of benzene rings is 1. The monoisotopic (exact) mass is 544 g/mol. The van der Waals surface area contributed by atoms with Crippen LogP contribution >= 0.6 is 35.3 Å². The van der Waals surface area contributed by atoms with Crippen molar-refractivity contribution >= 4 is 41.3 Å². The van der Waals surface area contributed by atoms with Crippen molar-refractivity contribution in [3.05, 3.63) is 39.8 Å². The summed E-state index contributed by atoms with van der Waals surface area (Å²) in [6.07, 6.45) is -4.43. The van der Waals surface area contributed by atoms with Gasteiger partial charge in [0.05, 0.1) is 26.8 Å². The quantitative estimate of drug-likeness (QED) is 0.292. The fourth-order valence-corrected chi connectivity index (χ4v) is 3.02. The highest BCUT2D eigenvalue weighted by atomic mass is 127. The minimum Gasteiger partial charge on any atom is -0.493 e. The minimum absolute atomic E-state index is 0. The molecule has 2 aromatic rings. The van der Waals surface area contributed by atoms with Crippen LogP contribution in [0.15, 0.2) is 28.6 Å². The maximum absolute atomic E-state index is 12.6. The standard InChI is InChI=1S/C18H23F3N4O2S.HI/c1-4-22-17(24-10-16-25-15(11-28-16)18(19,20)21)23-9-12-6-7-13(27-5-2)14(8-12)26-3;/h6-8,11H,4-5,9-10H2,1-3H3,(H2,22,23,24);1H. The van der Waals surface area contributed by atoms with Crippen LogP contribution in [0.4, 0.5) is 13.2 Å². The summed E-state index contributed by atoms with van der Waals surface area (Å²) >= 11 is 0.955. The smallest absolute Gasteiger partial charge is 0.434 e. The van der Waals surface area contributed by atoms with Gasteiger partial charge in [-0.05, 0) is 31.5 Å². The molecule has 0 radical (unpaired) electrons. The Morgan fingerprint density at radius 2 is 1.97 bits per heavy atom. The molecule has 2 N–H and O–H groups in total. The molecule has 1 aromatic carbocycles. The molecule has 11 heteroatoms. The molecule has 0 aliphatic carbocycles. The molecule has 0 saturated carbocycles. The van der Waals surface area contributed by atoms with Gasteiger partial charge >= 0.3 is 6.18 Å². The lowest BCUT2D eigenvalue weighted by molar-refractivity contribution is -0.140. The van der Waals surface area contributed by atoms with Crippen molar-refractivity contribution in [2.45, 2.75) is 33.1 Å². The first kappa shape index (κ1) is 25.3. The number of aromatic nitrogens is 1. The van der Waals surface area contributed by atoms with Gasteiger partial charge in [0.15, 0.2) is 23.2 Å². The van der Waals surface area contributed by atoms with E-state index >= 15 is 0 Å². The normalized spacial score (nSPS) is 11.6. The Hall–Kier alpha value is -1.76. The lowest BCUT2D eigenvalue weighted by atomic mass is 10.2. The summed E-state index contributed by atoms with van der Waals surface area (Å²) in [6.45, 7) is 5.47. The van der Waals surface area contributed by atoms with E-state index in [1.54, 1.807) is 7.11 Å². The van der Waals surface area contributed by atoms with Gasteiger partial charge < -0.3 is 20.1 Å². The second-order valence-electron chi connectivity index (χ2n) is 5.59. The molecule has 162 valence electrons. The summed E-state index contributed by atoms with van der Waals surface area (Å²) in [6, 6.07) is 5.55. The van der Waals surface area contributed by atoms with Gasteiger partial charge in [-0.25, -0.2) is 9.98 Å². The molecule has 2 rings (SSSR count). The van der Waals surface area contributed by atoms with Gasteiger partial charge in [0.2, 0.25) is 0 Å². The van der Waals surface area contributed by atoms with Crippen molar-refractivity contribution in [3.63, 3.8) is 0 Å². The van der Waals surface area contributed by atoms with Gasteiger partial charge in [0, 0.05) is 11.9 Å². The molecular formula is C18H24F3IN4O2S. The SMILES string of the molecule is CCNC(=NCc1ccc(OCC)c(OC)c1)NCc1nc(C(F)(F)F)cs1.I. The molecule has 0 amide bonds. The fraction of sp³-hybridized carbons (Fsp3) is 0.444. The molecule has 1 aromatic heterocycles. The first-order valence-corrected chi connectivity index (χ1v) is 9.58. The van der Waals surface area contributed by atoms with E-state index < -0.39 is 11.9 Å². The number of methoxy groups -OCH3 is 1. The Morgan fingerprint density at radius 1 is 1.21 bits per heavy atom. The number of aliphatic imine (C=N–C) groups is 1. The summed E-state index contributed by atoms with van der Waals surface area (Å²) in [4.78, 5) is 8.06. The zero-order valence-corrected chi connectivity index (χ0v) is 19.4. The van der Waals surface area contributed by atoms with E-state index in [1.807, 2.05) is 32.0 Å². The molecule has 0 atom stereocenters. The average molecular weight is 544 g/mol. The van der Waals surface area contributed by atoms with Crippen LogP contribution in [0.3, 0.4) is 0 Å². The van der Waals surface area contributed by atoms with Crippen LogP contribution in [0, 0.1) is 0 Å². The van der Waals surface area contributed by atoms with Gasteiger partial charge in [-0.3, -0.25) is 0 Å². The van der Waals surface area contributed by atoms with E-state index in [0.29, 0.717) is 42.2 Å². The molecule has 6 nitrogen and oxygen atoms in total. The molecule has 0 spiro atoms. The van der Waals surface area contributed by atoms with Crippen molar-refractivity contribution in [1.29, 1.82) is 0 Å². The fourth-order valence-electron chi connectivity index (χ4n) is 2.28. The van der Waals surface area contributed by atoms with Crippen LogP contribution < -0.4 is 20.1 Å². The highest BCUT2D eigenvalue weighted by Gasteiger charge is 2.33. The van der Waals surface area contributed by atoms with Gasteiger partial charge in [0.25, 0.3) is 0 Å². The van der Waals surface area contributed by atoms with E-state index in [9.17, 15) is 13.2 Å². The molecule has 0 aliphatic rings. The van der Waals surface area contributed by atoms with E-state index in [1.165, 1.54) is 0 Å². The third-order valence-corrected chi connectivity index (χ3v) is 4.39. The first-order valence-electron chi connectivity index (χ1n) is 8.70. The number of alkyl halides is 3. The van der Waals surface area contributed by atoms with Gasteiger partial charge in [0.1, 0.15) is 5.01 Å². The van der Waals surface area contributed by atoms with Gasteiger partial charge in [-0.15, -0.1) is 35.3 Å². The molecule has 1 heterocycles. The van der Waals surface area contributed by atoms with Crippen LogP contribution in [-0.4, -0.2) is 31.2 Å². The van der Waals surface area contributed by atoms with Crippen LogP contribution in [0.1, 0.15) is 30.1 Å². The lowest BCUT2D eigenvalue weighted by Gasteiger charge is -2.12. The number of thiazole rings is 1. The number of hydrogen-bond donors (Lipinski definition) is 2. The Labute approximate surface area is 188 Å². The molecule has 0 saturated heterocycles. The summed E-state index contributed by atoms with van der Waals surface area (Å²) < 4.78 is 48.7. The van der Waals surface area contributed by atoms with E-state index in [4.69, 9.17) is 9.47 Å². The second kappa shape index (κ2) is 12.1. The number of hydrogen-bond acceptors (Lipinski definition) is 5. The molecule has 0 unspecified atom stereocenters. The summed E-state index contributed by atoms with van der Waals surface area (Å²) in [7, 11) is 1.57. The largest absolute Gasteiger partial charge is 0.493 e. The highest BCUT2D eigenvalue weighted by molar-refractivity contribution is 14.0. The van der Waals surface area contributed by atoms with Crippen molar-refractivity contribution in [3.8, 4) is 11.5 Å². The number of rotatable bonds is 8. The first-order chi connectivity index (χ1) is 13.4. The molecule has 0 aliphatic heterocycles. The third-order valence-electron chi connectivity index (χ3n) is 3.54. The van der Waals surface area contributed by atoms with Gasteiger partial charge in [-0.1, -0.05) is 6.07 Å². The van der Waals surface area contributed by atoms with Crippen molar-refractivity contribution < 1.29 is 22.6 Å². The third kappa shape index (κ3) is 7.88. The molecule has 0 fully saturated rings. The molecule has 29 heavy (non-hydrogen) atoms. The van der Waals surface area contributed by atoms with Crippen molar-refractivity contribution in [2.24, 2.45) is 4.99 Å². The number of ether oxygens (including phenoxy) is 2. The van der Waals surface area contributed by atoms with Crippen LogP contribution in [0.25, 0.3) is 0 Å². The zero-order chi connectivity index (χ0) is 20.6. The number of nitrogens with zero attached hydrogens (tertiary/aromatic N) is 2. The van der Waals surface area contributed by atoms with Crippen molar-refractivity contribution in [1.82, 2.24) is 15.6 Å². The van der Waals surface area contributed by atoms with Crippen molar-refractivity contribution in [2.75, 3.05) is 20.3 Å². The highest BCUT2D eigenvalue weighted by Crippen LogP contribution is 2.30. The maximum Gasteiger partial charge on any atom is 0.434 e. The molecular weight excluding hydrogens is 520 g/mol. The van der Waals surface area contributed by atoms with Gasteiger partial charge in [-0.2, -0.15) is 13.2 Å². The summed E-state index contributed by atoms with van der Waals surface area (Å²) in [5.41, 5.74) is 0.0313. The Kier molecular flexibility index (Phi) is 10.5. The van der Waals surface area contributed by atoms with Crippen LogP contribution in [0.2, 0.25) is 0 Å². The Morgan fingerprint density at radius 3 is 2.55 bits per heavy atom. The predicted octanol–water partition coefficient (Wildman–Crippen LogP) is 4.44. The van der Waals surface area contributed by atoms with E-state index in [0.717, 1.165) is 22.3 Å². The topological polar surface area (TPSA) is 67.8 Å². The average Bonchev–Trinajstić information content (AvgIpc) is 3.14. The van der Waals surface area contributed by atoms with E-state index in [2.05, 4.69) is 20.6 Å².